The van der Waals surface area contributed by atoms with Gasteiger partial charge in [-0.15, -0.1) is 0 Å². The van der Waals surface area contributed by atoms with Crippen molar-refractivity contribution in [3.63, 3.8) is 0 Å². The van der Waals surface area contributed by atoms with Crippen LogP contribution in [0, 0.1) is 0 Å². The van der Waals surface area contributed by atoms with Crippen LogP contribution in [0.15, 0.2) is 65.7 Å². The van der Waals surface area contributed by atoms with Gasteiger partial charge in [0.2, 0.25) is 5.56 Å². The number of aryl methyl sites for hydroxylation is 1. The molecule has 3 heterocycles. The average Bonchev–Trinajstić information content (AvgIpc) is 3.25. The lowest BCUT2D eigenvalue weighted by atomic mass is 10.0. The van der Waals surface area contributed by atoms with Crippen LogP contribution in [-0.2, 0) is 19.6 Å². The van der Waals surface area contributed by atoms with Crippen molar-refractivity contribution in [2.75, 3.05) is 6.54 Å². The molecule has 1 aliphatic heterocycles. The smallest absolute Gasteiger partial charge is 0.330 e. The Bertz CT molecular complexity index is 1190. The standard InChI is InChI=1S/C24H22F3N3O2/c1-29-15-18(8-10-22(29)31)23(32)30-11-3-6-21(30)20-9-7-17(14-28-20)12-16-4-2-5-19(13-16)24(25,26)27/h2,4-5,7-10,13-15,21H,3,6,11-12H2,1H3/t21-/m1/s1. The number of nitrogens with zero attached hydrogens (tertiary/aromatic N) is 3. The van der Waals surface area contributed by atoms with Gasteiger partial charge in [0.25, 0.3) is 5.91 Å². The maximum absolute atomic E-state index is 13.0. The monoisotopic (exact) mass is 441 g/mol. The van der Waals surface area contributed by atoms with Crippen LogP contribution in [-0.4, -0.2) is 26.9 Å². The third-order valence-corrected chi connectivity index (χ3v) is 5.70. The first-order valence-electron chi connectivity index (χ1n) is 10.3. The second-order valence-electron chi connectivity index (χ2n) is 7.99. The molecule has 1 atom stereocenters. The molecular weight excluding hydrogens is 419 g/mol. The predicted octanol–water partition coefficient (Wildman–Crippen LogP) is 4.37. The van der Waals surface area contributed by atoms with Crippen molar-refractivity contribution in [2.45, 2.75) is 31.5 Å². The van der Waals surface area contributed by atoms with Gasteiger partial charge in [-0.3, -0.25) is 14.6 Å². The number of aromatic nitrogens is 2. The molecule has 166 valence electrons. The quantitative estimate of drug-likeness (QED) is 0.604. The van der Waals surface area contributed by atoms with Crippen molar-refractivity contribution >= 4 is 5.91 Å². The highest BCUT2D eigenvalue weighted by Crippen LogP contribution is 2.33. The number of hydrogen-bond donors (Lipinski definition) is 0. The van der Waals surface area contributed by atoms with Gasteiger partial charge in [0.15, 0.2) is 0 Å². The second kappa shape index (κ2) is 8.61. The van der Waals surface area contributed by atoms with Crippen molar-refractivity contribution in [1.29, 1.82) is 0 Å². The van der Waals surface area contributed by atoms with E-state index in [-0.39, 0.29) is 17.5 Å². The van der Waals surface area contributed by atoms with E-state index in [1.807, 2.05) is 12.1 Å². The fourth-order valence-electron chi connectivity index (χ4n) is 4.03. The summed E-state index contributed by atoms with van der Waals surface area (Å²) in [5, 5.41) is 0. The average molecular weight is 441 g/mol. The number of likely N-dealkylation sites (tertiary alicyclic amines) is 1. The van der Waals surface area contributed by atoms with Gasteiger partial charge in [-0.1, -0.05) is 24.3 Å². The molecule has 1 amide bonds. The summed E-state index contributed by atoms with van der Waals surface area (Å²) in [5.74, 6) is -0.155. The van der Waals surface area contributed by atoms with Crippen LogP contribution < -0.4 is 5.56 Å². The fourth-order valence-corrected chi connectivity index (χ4v) is 4.03. The molecule has 0 unspecified atom stereocenters. The summed E-state index contributed by atoms with van der Waals surface area (Å²) in [6.07, 6.45) is 0.770. The molecule has 1 fully saturated rings. The molecule has 0 bridgehead atoms. The number of carbonyl (C=O) groups is 1. The van der Waals surface area contributed by atoms with Crippen LogP contribution in [0.2, 0.25) is 0 Å². The molecule has 0 radical (unpaired) electrons. The number of halogens is 3. The van der Waals surface area contributed by atoms with Crippen molar-refractivity contribution < 1.29 is 18.0 Å². The number of hydrogen-bond acceptors (Lipinski definition) is 3. The summed E-state index contributed by atoms with van der Waals surface area (Å²) < 4.78 is 40.2. The Morgan fingerprint density at radius 2 is 1.94 bits per heavy atom. The lowest BCUT2D eigenvalue weighted by molar-refractivity contribution is -0.137. The molecule has 0 N–H and O–H groups in total. The molecule has 1 aromatic carbocycles. The molecule has 5 nitrogen and oxygen atoms in total. The van der Waals surface area contributed by atoms with Gasteiger partial charge < -0.3 is 9.47 Å². The van der Waals surface area contributed by atoms with Crippen molar-refractivity contribution in [2.24, 2.45) is 7.05 Å². The van der Waals surface area contributed by atoms with Crippen molar-refractivity contribution in [1.82, 2.24) is 14.5 Å². The van der Waals surface area contributed by atoms with E-state index in [4.69, 9.17) is 0 Å². The van der Waals surface area contributed by atoms with Gasteiger partial charge in [-0.05, 0) is 48.6 Å². The van der Waals surface area contributed by atoms with E-state index < -0.39 is 11.7 Å². The first-order chi connectivity index (χ1) is 15.2. The van der Waals surface area contributed by atoms with E-state index in [2.05, 4.69) is 4.98 Å². The molecule has 3 aromatic rings. The van der Waals surface area contributed by atoms with Gasteiger partial charge in [0.1, 0.15) is 0 Å². The van der Waals surface area contributed by atoms with E-state index in [9.17, 15) is 22.8 Å². The Morgan fingerprint density at radius 3 is 2.62 bits per heavy atom. The van der Waals surface area contributed by atoms with Gasteiger partial charge >= 0.3 is 6.18 Å². The minimum absolute atomic E-state index is 0.155. The fraction of sp³-hybridized carbons (Fsp3) is 0.292. The third-order valence-electron chi connectivity index (χ3n) is 5.70. The molecule has 1 saturated heterocycles. The van der Waals surface area contributed by atoms with E-state index in [1.165, 1.54) is 29.0 Å². The molecule has 0 spiro atoms. The minimum atomic E-state index is -4.37. The zero-order valence-electron chi connectivity index (χ0n) is 17.5. The van der Waals surface area contributed by atoms with Gasteiger partial charge in [-0.25, -0.2) is 0 Å². The van der Waals surface area contributed by atoms with Crippen LogP contribution in [0.1, 0.15) is 51.6 Å². The summed E-state index contributed by atoms with van der Waals surface area (Å²) in [7, 11) is 1.60. The van der Waals surface area contributed by atoms with Crippen LogP contribution in [0.5, 0.6) is 0 Å². The highest BCUT2D eigenvalue weighted by atomic mass is 19.4. The number of amides is 1. The van der Waals surface area contributed by atoms with Gasteiger partial charge in [0.05, 0.1) is 22.9 Å². The molecule has 4 rings (SSSR count). The third kappa shape index (κ3) is 4.59. The first kappa shape index (κ1) is 21.8. The van der Waals surface area contributed by atoms with Crippen LogP contribution in [0.25, 0.3) is 0 Å². The Balaban J connectivity index is 1.50. The zero-order chi connectivity index (χ0) is 22.9. The van der Waals surface area contributed by atoms with Crippen LogP contribution in [0.4, 0.5) is 13.2 Å². The lowest BCUT2D eigenvalue weighted by Gasteiger charge is -2.24. The zero-order valence-corrected chi connectivity index (χ0v) is 17.5. The Labute approximate surface area is 183 Å². The lowest BCUT2D eigenvalue weighted by Crippen LogP contribution is -2.32. The maximum Gasteiger partial charge on any atom is 0.416 e. The number of rotatable bonds is 4. The normalized spacial score (nSPS) is 16.4. The molecular formula is C24H22F3N3O2. The number of pyridine rings is 2. The summed E-state index contributed by atoms with van der Waals surface area (Å²) in [6, 6.07) is 11.7. The summed E-state index contributed by atoms with van der Waals surface area (Å²) in [4.78, 5) is 30.9. The predicted molar refractivity (Wildman–Crippen MR) is 113 cm³/mol. The first-order valence-corrected chi connectivity index (χ1v) is 10.3. The number of alkyl halides is 3. The summed E-state index contributed by atoms with van der Waals surface area (Å²) in [5.41, 5.74) is 1.69. The largest absolute Gasteiger partial charge is 0.416 e. The van der Waals surface area contributed by atoms with Crippen molar-refractivity contribution in [3.8, 4) is 0 Å². The van der Waals surface area contributed by atoms with E-state index in [0.717, 1.165) is 36.2 Å². The molecule has 0 aliphatic carbocycles. The molecule has 8 heteroatoms. The second-order valence-corrected chi connectivity index (χ2v) is 7.99. The highest BCUT2D eigenvalue weighted by molar-refractivity contribution is 5.94. The van der Waals surface area contributed by atoms with E-state index >= 15 is 0 Å². The Hall–Kier alpha value is -3.42. The minimum Gasteiger partial charge on any atom is -0.330 e. The highest BCUT2D eigenvalue weighted by Gasteiger charge is 2.32. The van der Waals surface area contributed by atoms with E-state index in [1.54, 1.807) is 24.2 Å². The van der Waals surface area contributed by atoms with Crippen LogP contribution >= 0.6 is 0 Å². The maximum atomic E-state index is 13.0. The Kier molecular flexibility index (Phi) is 5.86. The SMILES string of the molecule is Cn1cc(C(=O)N2CCC[C@@H]2c2ccc(Cc3cccc(C(F)(F)F)c3)cn2)ccc1=O. The molecule has 1 aliphatic rings. The summed E-state index contributed by atoms with van der Waals surface area (Å²) >= 11 is 0. The molecule has 2 aromatic heterocycles. The molecule has 0 saturated carbocycles. The molecule has 32 heavy (non-hydrogen) atoms. The van der Waals surface area contributed by atoms with Crippen LogP contribution in [0.3, 0.4) is 0 Å². The Morgan fingerprint density at radius 1 is 1.12 bits per heavy atom. The summed E-state index contributed by atoms with van der Waals surface area (Å²) in [6.45, 7) is 0.597. The van der Waals surface area contributed by atoms with Gasteiger partial charge in [0, 0.05) is 32.1 Å². The van der Waals surface area contributed by atoms with Gasteiger partial charge in [-0.2, -0.15) is 13.2 Å². The van der Waals surface area contributed by atoms with E-state index in [0.29, 0.717) is 24.1 Å². The number of benzene rings is 1. The topological polar surface area (TPSA) is 55.2 Å². The number of carbonyl (C=O) groups excluding carboxylic acids is 1. The van der Waals surface area contributed by atoms with Crippen molar-refractivity contribution in [3.05, 3.63) is 99.2 Å².